The molecule has 0 aliphatic rings. The van der Waals surface area contributed by atoms with Crippen LogP contribution in [0.1, 0.15) is 25.8 Å². The SMILES string of the molecule is CCC(C)(CO)NC(=O)CSCc1ccc(F)cc1. The number of hydrogen-bond donors (Lipinski definition) is 2. The van der Waals surface area contributed by atoms with E-state index in [-0.39, 0.29) is 18.3 Å². The number of carbonyl (C=O) groups excluding carboxylic acids is 1. The van der Waals surface area contributed by atoms with Crippen LogP contribution in [-0.4, -0.2) is 28.9 Å². The lowest BCUT2D eigenvalue weighted by Crippen LogP contribution is -2.49. The number of rotatable bonds is 7. The van der Waals surface area contributed by atoms with Crippen molar-refractivity contribution in [2.24, 2.45) is 0 Å². The van der Waals surface area contributed by atoms with E-state index in [0.717, 1.165) is 5.56 Å². The maximum atomic E-state index is 12.7. The van der Waals surface area contributed by atoms with Gasteiger partial charge in [0.2, 0.25) is 5.91 Å². The van der Waals surface area contributed by atoms with Crippen LogP contribution in [0.4, 0.5) is 4.39 Å². The first kappa shape index (κ1) is 16.0. The van der Waals surface area contributed by atoms with Gasteiger partial charge in [-0.25, -0.2) is 4.39 Å². The highest BCUT2D eigenvalue weighted by molar-refractivity contribution is 7.99. The summed E-state index contributed by atoms with van der Waals surface area (Å²) in [6.45, 7) is 3.66. The van der Waals surface area contributed by atoms with Crippen LogP contribution < -0.4 is 5.32 Å². The number of halogens is 1. The molecular formula is C14H20FNO2S. The normalized spacial score (nSPS) is 13.9. The van der Waals surface area contributed by atoms with E-state index in [4.69, 9.17) is 0 Å². The Morgan fingerprint density at radius 1 is 1.42 bits per heavy atom. The number of thioether (sulfide) groups is 1. The summed E-state index contributed by atoms with van der Waals surface area (Å²) >= 11 is 1.47. The molecule has 0 aromatic heterocycles. The third-order valence-corrected chi connectivity index (χ3v) is 3.99. The van der Waals surface area contributed by atoms with E-state index >= 15 is 0 Å². The molecule has 0 aliphatic heterocycles. The van der Waals surface area contributed by atoms with Crippen molar-refractivity contribution >= 4 is 17.7 Å². The summed E-state index contributed by atoms with van der Waals surface area (Å²) in [7, 11) is 0. The maximum Gasteiger partial charge on any atom is 0.230 e. The summed E-state index contributed by atoms with van der Waals surface area (Å²) in [6, 6.07) is 6.25. The molecule has 19 heavy (non-hydrogen) atoms. The highest BCUT2D eigenvalue weighted by Crippen LogP contribution is 2.14. The van der Waals surface area contributed by atoms with Crippen LogP contribution in [-0.2, 0) is 10.5 Å². The summed E-state index contributed by atoms with van der Waals surface area (Å²) in [6.07, 6.45) is 0.678. The molecule has 1 aromatic rings. The topological polar surface area (TPSA) is 49.3 Å². The summed E-state index contributed by atoms with van der Waals surface area (Å²) in [5.41, 5.74) is 0.438. The Hall–Kier alpha value is -1.07. The number of hydrogen-bond acceptors (Lipinski definition) is 3. The molecular weight excluding hydrogens is 265 g/mol. The van der Waals surface area contributed by atoms with Crippen LogP contribution in [0.15, 0.2) is 24.3 Å². The van der Waals surface area contributed by atoms with Gasteiger partial charge in [-0.3, -0.25) is 4.79 Å². The second-order valence-corrected chi connectivity index (χ2v) is 5.73. The molecule has 0 bridgehead atoms. The zero-order valence-corrected chi connectivity index (χ0v) is 12.1. The number of nitrogens with one attached hydrogen (secondary N) is 1. The third-order valence-electron chi connectivity index (χ3n) is 2.99. The molecule has 3 nitrogen and oxygen atoms in total. The fourth-order valence-corrected chi connectivity index (χ4v) is 2.24. The lowest BCUT2D eigenvalue weighted by atomic mass is 10.0. The van der Waals surface area contributed by atoms with E-state index in [1.807, 2.05) is 13.8 Å². The van der Waals surface area contributed by atoms with Gasteiger partial charge in [-0.15, -0.1) is 11.8 Å². The van der Waals surface area contributed by atoms with Gasteiger partial charge in [0.05, 0.1) is 17.9 Å². The Labute approximate surface area is 117 Å². The molecule has 0 spiro atoms. The molecule has 0 fully saturated rings. The van der Waals surface area contributed by atoms with E-state index in [2.05, 4.69) is 5.32 Å². The first-order chi connectivity index (χ1) is 8.99. The third kappa shape index (κ3) is 5.61. The average molecular weight is 285 g/mol. The lowest BCUT2D eigenvalue weighted by molar-refractivity contribution is -0.120. The number of amides is 1. The van der Waals surface area contributed by atoms with Crippen LogP contribution in [0, 0.1) is 5.82 Å². The average Bonchev–Trinajstić information content (AvgIpc) is 2.41. The van der Waals surface area contributed by atoms with Crippen molar-refractivity contribution in [1.29, 1.82) is 0 Å². The van der Waals surface area contributed by atoms with Crippen LogP contribution >= 0.6 is 11.8 Å². The molecule has 0 aliphatic carbocycles. The minimum atomic E-state index is -0.548. The van der Waals surface area contributed by atoms with E-state index < -0.39 is 5.54 Å². The maximum absolute atomic E-state index is 12.7. The van der Waals surface area contributed by atoms with Crippen LogP contribution in [0.3, 0.4) is 0 Å². The standard InChI is InChI=1S/C14H20FNO2S/c1-3-14(2,10-17)16-13(18)9-19-8-11-4-6-12(15)7-5-11/h4-7,17H,3,8-10H2,1-2H3,(H,16,18). The van der Waals surface area contributed by atoms with Crippen molar-refractivity contribution in [1.82, 2.24) is 5.32 Å². The molecule has 1 amide bonds. The van der Waals surface area contributed by atoms with Gasteiger partial charge in [-0.05, 0) is 31.0 Å². The molecule has 1 aromatic carbocycles. The molecule has 0 saturated heterocycles. The van der Waals surface area contributed by atoms with Gasteiger partial charge < -0.3 is 10.4 Å². The quantitative estimate of drug-likeness (QED) is 0.808. The second-order valence-electron chi connectivity index (χ2n) is 4.74. The number of aliphatic hydroxyl groups excluding tert-OH is 1. The van der Waals surface area contributed by atoms with Crippen LogP contribution in [0.5, 0.6) is 0 Å². The molecule has 0 radical (unpaired) electrons. The molecule has 106 valence electrons. The van der Waals surface area contributed by atoms with Crippen molar-refractivity contribution in [3.8, 4) is 0 Å². The molecule has 1 atom stereocenters. The van der Waals surface area contributed by atoms with Crippen molar-refractivity contribution in [3.05, 3.63) is 35.6 Å². The van der Waals surface area contributed by atoms with E-state index in [0.29, 0.717) is 17.9 Å². The number of aliphatic hydroxyl groups is 1. The second kappa shape index (κ2) is 7.50. The minimum Gasteiger partial charge on any atom is -0.394 e. The van der Waals surface area contributed by atoms with Crippen molar-refractivity contribution in [2.45, 2.75) is 31.6 Å². The smallest absolute Gasteiger partial charge is 0.230 e. The van der Waals surface area contributed by atoms with Crippen molar-refractivity contribution < 1.29 is 14.3 Å². The van der Waals surface area contributed by atoms with Gasteiger partial charge in [-0.1, -0.05) is 19.1 Å². The Morgan fingerprint density at radius 3 is 2.58 bits per heavy atom. The minimum absolute atomic E-state index is 0.0716. The fraction of sp³-hybridized carbons (Fsp3) is 0.500. The number of benzene rings is 1. The van der Waals surface area contributed by atoms with Gasteiger partial charge in [0.1, 0.15) is 5.82 Å². The first-order valence-corrected chi connectivity index (χ1v) is 7.38. The zero-order valence-electron chi connectivity index (χ0n) is 11.3. The van der Waals surface area contributed by atoms with Gasteiger partial charge >= 0.3 is 0 Å². The Kier molecular flexibility index (Phi) is 6.31. The largest absolute Gasteiger partial charge is 0.394 e. The molecule has 0 saturated carbocycles. The Bertz CT molecular complexity index is 404. The Morgan fingerprint density at radius 2 is 2.05 bits per heavy atom. The van der Waals surface area contributed by atoms with E-state index in [9.17, 15) is 14.3 Å². The van der Waals surface area contributed by atoms with Crippen LogP contribution in [0.25, 0.3) is 0 Å². The van der Waals surface area contributed by atoms with Gasteiger partial charge in [0.15, 0.2) is 0 Å². The molecule has 5 heteroatoms. The highest BCUT2D eigenvalue weighted by atomic mass is 32.2. The predicted molar refractivity (Wildman–Crippen MR) is 76.5 cm³/mol. The highest BCUT2D eigenvalue weighted by Gasteiger charge is 2.22. The van der Waals surface area contributed by atoms with Gasteiger partial charge in [-0.2, -0.15) is 0 Å². The Balaban J connectivity index is 2.33. The van der Waals surface area contributed by atoms with Crippen molar-refractivity contribution in [3.63, 3.8) is 0 Å². The van der Waals surface area contributed by atoms with E-state index in [1.54, 1.807) is 12.1 Å². The van der Waals surface area contributed by atoms with Crippen molar-refractivity contribution in [2.75, 3.05) is 12.4 Å². The number of carbonyl (C=O) groups is 1. The molecule has 1 unspecified atom stereocenters. The predicted octanol–water partition coefficient (Wildman–Crippen LogP) is 2.34. The van der Waals surface area contributed by atoms with E-state index in [1.165, 1.54) is 23.9 Å². The monoisotopic (exact) mass is 285 g/mol. The molecule has 0 heterocycles. The van der Waals surface area contributed by atoms with Gasteiger partial charge in [0, 0.05) is 5.75 Å². The summed E-state index contributed by atoms with van der Waals surface area (Å²) in [4.78, 5) is 11.7. The summed E-state index contributed by atoms with van der Waals surface area (Å²) in [5, 5.41) is 12.0. The van der Waals surface area contributed by atoms with Gasteiger partial charge in [0.25, 0.3) is 0 Å². The zero-order chi connectivity index (χ0) is 14.3. The van der Waals surface area contributed by atoms with Crippen LogP contribution in [0.2, 0.25) is 0 Å². The summed E-state index contributed by atoms with van der Waals surface area (Å²) in [5.74, 6) is 0.640. The summed E-state index contributed by atoms with van der Waals surface area (Å²) < 4.78 is 12.7. The first-order valence-electron chi connectivity index (χ1n) is 6.23. The molecule has 2 N–H and O–H groups in total. The molecule has 1 rings (SSSR count). The fourth-order valence-electron chi connectivity index (χ4n) is 1.45. The lowest BCUT2D eigenvalue weighted by Gasteiger charge is -2.27.